The minimum absolute atomic E-state index is 0.258. The highest BCUT2D eigenvalue weighted by Crippen LogP contribution is 2.31. The second kappa shape index (κ2) is 3.21. The summed E-state index contributed by atoms with van der Waals surface area (Å²) in [6.45, 7) is 2.63. The molecule has 2 N–H and O–H groups in total. The average molecular weight is 192 g/mol. The van der Waals surface area contributed by atoms with Crippen LogP contribution in [0, 0.1) is 0 Å². The number of halogens is 2. The molecule has 0 aromatic carbocycles. The quantitative estimate of drug-likeness (QED) is 0.661. The summed E-state index contributed by atoms with van der Waals surface area (Å²) < 4.78 is 25.7. The molecule has 0 aromatic heterocycles. The normalized spacial score (nSPS) is 29.0. The smallest absolute Gasteiger partial charge is 0.267 e. The summed E-state index contributed by atoms with van der Waals surface area (Å²) >= 11 is 0. The van der Waals surface area contributed by atoms with Gasteiger partial charge < -0.3 is 10.6 Å². The predicted octanol–water partition coefficient (Wildman–Crippen LogP) is 0.590. The van der Waals surface area contributed by atoms with Crippen molar-refractivity contribution in [3.8, 4) is 0 Å². The Balaban J connectivity index is 2.68. The molecule has 0 aliphatic carbocycles. The van der Waals surface area contributed by atoms with Gasteiger partial charge >= 0.3 is 0 Å². The minimum Gasteiger partial charge on any atom is -0.332 e. The largest absolute Gasteiger partial charge is 0.332 e. The Labute approximate surface area is 75.9 Å². The summed E-state index contributed by atoms with van der Waals surface area (Å²) in [6, 6.07) is -1.11. The third-order valence-corrected chi connectivity index (χ3v) is 2.20. The zero-order chi connectivity index (χ0) is 10.2. The van der Waals surface area contributed by atoms with Gasteiger partial charge in [-0.15, -0.1) is 0 Å². The molecule has 0 saturated carbocycles. The lowest BCUT2D eigenvalue weighted by Gasteiger charge is -2.22. The lowest BCUT2D eigenvalue weighted by atomic mass is 10.2. The van der Waals surface area contributed by atoms with Gasteiger partial charge in [0.15, 0.2) is 0 Å². The number of carbonyl (C=O) groups is 1. The van der Waals surface area contributed by atoms with E-state index >= 15 is 0 Å². The highest BCUT2D eigenvalue weighted by atomic mass is 19.3. The van der Waals surface area contributed by atoms with Crippen molar-refractivity contribution in [1.82, 2.24) is 4.90 Å². The molecule has 1 amide bonds. The Morgan fingerprint density at radius 2 is 2.23 bits per heavy atom. The molecular formula is C8H14F2N2O. The molecule has 1 fully saturated rings. The van der Waals surface area contributed by atoms with Gasteiger partial charge in [-0.2, -0.15) is 0 Å². The molecular weight excluding hydrogens is 178 g/mol. The van der Waals surface area contributed by atoms with Gasteiger partial charge in [-0.25, -0.2) is 8.78 Å². The Morgan fingerprint density at radius 3 is 2.54 bits per heavy atom. The van der Waals surface area contributed by atoms with E-state index in [9.17, 15) is 13.6 Å². The van der Waals surface area contributed by atoms with E-state index < -0.39 is 30.5 Å². The molecule has 1 aliphatic rings. The van der Waals surface area contributed by atoms with Crippen molar-refractivity contribution in [2.75, 3.05) is 6.54 Å². The number of nitrogens with zero attached hydrogens (tertiary/aromatic N) is 1. The van der Waals surface area contributed by atoms with E-state index in [1.54, 1.807) is 6.92 Å². The second-order valence-electron chi connectivity index (χ2n) is 3.66. The summed E-state index contributed by atoms with van der Waals surface area (Å²) in [5.74, 6) is -3.14. The van der Waals surface area contributed by atoms with Gasteiger partial charge in [0.2, 0.25) is 5.91 Å². The van der Waals surface area contributed by atoms with E-state index in [0.29, 0.717) is 0 Å². The number of rotatable bonds is 1. The molecule has 13 heavy (non-hydrogen) atoms. The fourth-order valence-electron chi connectivity index (χ4n) is 1.57. The zero-order valence-electron chi connectivity index (χ0n) is 7.76. The van der Waals surface area contributed by atoms with Crippen LogP contribution in [0.2, 0.25) is 0 Å². The number of nitrogens with two attached hydrogens (primary N) is 1. The monoisotopic (exact) mass is 192 g/mol. The first-order valence-electron chi connectivity index (χ1n) is 4.27. The molecule has 3 nitrogen and oxygen atoms in total. The molecule has 0 aromatic rings. The molecule has 1 rings (SSSR count). The van der Waals surface area contributed by atoms with Gasteiger partial charge in [0.1, 0.15) is 0 Å². The fraction of sp³-hybridized carbons (Fsp3) is 0.875. The van der Waals surface area contributed by atoms with Crippen LogP contribution in [0.25, 0.3) is 0 Å². The first-order chi connectivity index (χ1) is 5.83. The molecule has 0 radical (unpaired) electrons. The first-order valence-corrected chi connectivity index (χ1v) is 4.27. The molecule has 5 heteroatoms. The molecule has 1 heterocycles. The van der Waals surface area contributed by atoms with Crippen molar-refractivity contribution in [3.05, 3.63) is 0 Å². The van der Waals surface area contributed by atoms with E-state index in [-0.39, 0.29) is 6.42 Å². The molecule has 0 bridgehead atoms. The van der Waals surface area contributed by atoms with Crippen LogP contribution in [0.4, 0.5) is 8.78 Å². The van der Waals surface area contributed by atoms with Gasteiger partial charge in [0.25, 0.3) is 5.92 Å². The van der Waals surface area contributed by atoms with E-state index in [2.05, 4.69) is 0 Å². The van der Waals surface area contributed by atoms with E-state index in [1.807, 2.05) is 0 Å². The maximum Gasteiger partial charge on any atom is 0.267 e. The first kappa shape index (κ1) is 10.4. The van der Waals surface area contributed by atoms with E-state index in [1.165, 1.54) is 6.92 Å². The van der Waals surface area contributed by atoms with Crippen molar-refractivity contribution in [1.29, 1.82) is 0 Å². The van der Waals surface area contributed by atoms with Crippen LogP contribution in [-0.2, 0) is 4.79 Å². The SMILES string of the molecule is C[C@@H](N)C(=O)N1CC(F)(F)C[C@@H]1C. The molecule has 0 unspecified atom stereocenters. The molecule has 0 spiro atoms. The molecule has 1 aliphatic heterocycles. The van der Waals surface area contributed by atoms with Gasteiger partial charge in [-0.05, 0) is 13.8 Å². The standard InChI is InChI=1S/C8H14F2N2O/c1-5-3-8(9,10)4-12(5)7(13)6(2)11/h5-6H,3-4,11H2,1-2H3/t5-,6+/m0/s1. The van der Waals surface area contributed by atoms with Crippen molar-refractivity contribution in [2.24, 2.45) is 5.73 Å². The Morgan fingerprint density at radius 1 is 1.69 bits per heavy atom. The van der Waals surface area contributed by atoms with Crippen molar-refractivity contribution in [3.63, 3.8) is 0 Å². The number of alkyl halides is 2. The molecule has 76 valence electrons. The Hall–Kier alpha value is -0.710. The van der Waals surface area contributed by atoms with Gasteiger partial charge in [-0.3, -0.25) is 4.79 Å². The molecule has 2 atom stereocenters. The highest BCUT2D eigenvalue weighted by molar-refractivity contribution is 5.81. The summed E-state index contributed by atoms with van der Waals surface area (Å²) in [5, 5.41) is 0. The number of hydrogen-bond acceptors (Lipinski definition) is 2. The average Bonchev–Trinajstić information content (AvgIpc) is 2.22. The number of carbonyl (C=O) groups excluding carboxylic acids is 1. The summed E-state index contributed by atoms with van der Waals surface area (Å²) in [6.07, 6.45) is -0.258. The van der Waals surface area contributed by atoms with Crippen LogP contribution in [-0.4, -0.2) is 35.4 Å². The van der Waals surface area contributed by atoms with Crippen LogP contribution in [0.1, 0.15) is 20.3 Å². The van der Waals surface area contributed by atoms with Crippen LogP contribution < -0.4 is 5.73 Å². The summed E-state index contributed by atoms with van der Waals surface area (Å²) in [7, 11) is 0. The second-order valence-corrected chi connectivity index (χ2v) is 3.66. The number of amides is 1. The highest BCUT2D eigenvalue weighted by Gasteiger charge is 2.45. The topological polar surface area (TPSA) is 46.3 Å². The zero-order valence-corrected chi connectivity index (χ0v) is 7.76. The van der Waals surface area contributed by atoms with Gasteiger partial charge in [-0.1, -0.05) is 0 Å². The summed E-state index contributed by atoms with van der Waals surface area (Å²) in [4.78, 5) is 12.5. The Kier molecular flexibility index (Phi) is 2.56. The van der Waals surface area contributed by atoms with Crippen LogP contribution in [0.15, 0.2) is 0 Å². The van der Waals surface area contributed by atoms with Crippen molar-refractivity contribution >= 4 is 5.91 Å². The van der Waals surface area contributed by atoms with Crippen molar-refractivity contribution < 1.29 is 13.6 Å². The fourth-order valence-corrected chi connectivity index (χ4v) is 1.57. The lowest BCUT2D eigenvalue weighted by molar-refractivity contribution is -0.134. The van der Waals surface area contributed by atoms with Crippen molar-refractivity contribution in [2.45, 2.75) is 38.3 Å². The number of hydrogen-bond donors (Lipinski definition) is 1. The maximum absolute atomic E-state index is 12.8. The van der Waals surface area contributed by atoms with Crippen LogP contribution in [0.3, 0.4) is 0 Å². The third kappa shape index (κ3) is 2.15. The minimum atomic E-state index is -2.75. The third-order valence-electron chi connectivity index (χ3n) is 2.20. The van der Waals surface area contributed by atoms with Crippen LogP contribution >= 0.6 is 0 Å². The lowest BCUT2D eigenvalue weighted by Crippen LogP contribution is -2.44. The van der Waals surface area contributed by atoms with Gasteiger partial charge in [0, 0.05) is 12.5 Å². The van der Waals surface area contributed by atoms with Crippen LogP contribution in [0.5, 0.6) is 0 Å². The van der Waals surface area contributed by atoms with Gasteiger partial charge in [0.05, 0.1) is 12.6 Å². The number of likely N-dealkylation sites (tertiary alicyclic amines) is 1. The predicted molar refractivity (Wildman–Crippen MR) is 44.4 cm³/mol. The maximum atomic E-state index is 12.8. The Bertz CT molecular complexity index is 218. The summed E-state index contributed by atoms with van der Waals surface area (Å²) in [5.41, 5.74) is 5.33. The van der Waals surface area contributed by atoms with E-state index in [4.69, 9.17) is 5.73 Å². The molecule has 1 saturated heterocycles. The van der Waals surface area contributed by atoms with E-state index in [0.717, 1.165) is 4.90 Å².